The van der Waals surface area contributed by atoms with E-state index in [0.29, 0.717) is 11.7 Å². The molecule has 1 aromatic heterocycles. The van der Waals surface area contributed by atoms with Crippen molar-refractivity contribution in [2.24, 2.45) is 0 Å². The number of aromatic nitrogens is 2. The Labute approximate surface area is 111 Å². The highest BCUT2D eigenvalue weighted by atomic mass is 16.5. The lowest BCUT2D eigenvalue weighted by Crippen LogP contribution is -1.85. The minimum atomic E-state index is 0.566. The minimum Gasteiger partial charge on any atom is -0.334 e. The van der Waals surface area contributed by atoms with Crippen LogP contribution in [0.3, 0.4) is 0 Å². The van der Waals surface area contributed by atoms with Gasteiger partial charge in [-0.15, -0.1) is 0 Å². The van der Waals surface area contributed by atoms with Gasteiger partial charge in [0.2, 0.25) is 5.82 Å². The molecule has 0 aliphatic carbocycles. The zero-order valence-corrected chi connectivity index (χ0v) is 10.9. The second-order valence-electron chi connectivity index (χ2n) is 4.61. The van der Waals surface area contributed by atoms with Crippen molar-refractivity contribution in [3.05, 3.63) is 59.7 Å². The van der Waals surface area contributed by atoms with Crippen LogP contribution in [0.5, 0.6) is 0 Å². The van der Waals surface area contributed by atoms with E-state index >= 15 is 0 Å². The zero-order valence-electron chi connectivity index (χ0n) is 10.9. The van der Waals surface area contributed by atoms with Crippen LogP contribution in [0, 0.1) is 13.8 Å². The van der Waals surface area contributed by atoms with Crippen molar-refractivity contribution in [2.75, 3.05) is 0 Å². The van der Waals surface area contributed by atoms with Crippen LogP contribution in [0.2, 0.25) is 0 Å². The molecule has 3 heteroatoms. The van der Waals surface area contributed by atoms with Gasteiger partial charge in [0, 0.05) is 11.1 Å². The highest BCUT2D eigenvalue weighted by Crippen LogP contribution is 2.25. The van der Waals surface area contributed by atoms with Crippen molar-refractivity contribution < 1.29 is 4.52 Å². The smallest absolute Gasteiger partial charge is 0.258 e. The van der Waals surface area contributed by atoms with Crippen LogP contribution in [0.15, 0.2) is 53.1 Å². The summed E-state index contributed by atoms with van der Waals surface area (Å²) in [5.41, 5.74) is 4.31. The first-order valence-electron chi connectivity index (χ1n) is 6.21. The molecule has 0 spiro atoms. The Morgan fingerprint density at radius 3 is 2.47 bits per heavy atom. The van der Waals surface area contributed by atoms with Crippen LogP contribution in [-0.4, -0.2) is 10.1 Å². The molecule has 3 rings (SSSR count). The molecule has 3 aromatic rings. The number of nitrogens with zero attached hydrogens (tertiary/aromatic N) is 2. The second-order valence-corrected chi connectivity index (χ2v) is 4.61. The Balaban J connectivity index is 2.02. The first-order valence-corrected chi connectivity index (χ1v) is 6.21. The lowest BCUT2D eigenvalue weighted by Gasteiger charge is -2.01. The molecule has 19 heavy (non-hydrogen) atoms. The Hall–Kier alpha value is -2.42. The van der Waals surface area contributed by atoms with E-state index in [1.807, 2.05) is 36.4 Å². The minimum absolute atomic E-state index is 0.566. The first-order chi connectivity index (χ1) is 9.24. The summed E-state index contributed by atoms with van der Waals surface area (Å²) in [6.07, 6.45) is 0. The zero-order chi connectivity index (χ0) is 13.2. The van der Waals surface area contributed by atoms with E-state index in [1.165, 1.54) is 5.56 Å². The molecule has 0 saturated heterocycles. The van der Waals surface area contributed by atoms with E-state index in [9.17, 15) is 0 Å². The molecule has 3 nitrogen and oxygen atoms in total. The summed E-state index contributed by atoms with van der Waals surface area (Å²) in [6.45, 7) is 4.12. The van der Waals surface area contributed by atoms with Gasteiger partial charge < -0.3 is 4.52 Å². The van der Waals surface area contributed by atoms with Crippen molar-refractivity contribution in [1.29, 1.82) is 0 Å². The molecule has 0 amide bonds. The van der Waals surface area contributed by atoms with Crippen LogP contribution in [0.4, 0.5) is 0 Å². The predicted molar refractivity (Wildman–Crippen MR) is 74.6 cm³/mol. The van der Waals surface area contributed by atoms with Crippen LogP contribution in [-0.2, 0) is 0 Å². The van der Waals surface area contributed by atoms with E-state index in [4.69, 9.17) is 4.52 Å². The maximum absolute atomic E-state index is 5.36. The monoisotopic (exact) mass is 250 g/mol. The molecule has 0 N–H and O–H groups in total. The van der Waals surface area contributed by atoms with Crippen LogP contribution in [0.25, 0.3) is 22.8 Å². The maximum Gasteiger partial charge on any atom is 0.258 e. The molecule has 0 bridgehead atoms. The fourth-order valence-corrected chi connectivity index (χ4v) is 2.09. The van der Waals surface area contributed by atoms with Crippen LogP contribution in [0.1, 0.15) is 11.1 Å². The summed E-state index contributed by atoms with van der Waals surface area (Å²) in [5.74, 6) is 1.19. The standard InChI is InChI=1S/C16H14N2O/c1-11-8-9-14(12(2)10-11)16-17-15(18-19-16)13-6-4-3-5-7-13/h3-10H,1-2H3. The molecule has 1 heterocycles. The van der Waals surface area contributed by atoms with Gasteiger partial charge in [-0.25, -0.2) is 0 Å². The Morgan fingerprint density at radius 1 is 0.947 bits per heavy atom. The third-order valence-corrected chi connectivity index (χ3v) is 3.07. The number of rotatable bonds is 2. The lowest BCUT2D eigenvalue weighted by atomic mass is 10.1. The number of hydrogen-bond donors (Lipinski definition) is 0. The topological polar surface area (TPSA) is 38.9 Å². The molecule has 94 valence electrons. The highest BCUT2D eigenvalue weighted by molar-refractivity contribution is 5.62. The van der Waals surface area contributed by atoms with Crippen LogP contribution >= 0.6 is 0 Å². The third kappa shape index (κ3) is 2.27. The molecular formula is C16H14N2O. The average Bonchev–Trinajstić information content (AvgIpc) is 2.89. The highest BCUT2D eigenvalue weighted by Gasteiger charge is 2.12. The van der Waals surface area contributed by atoms with Gasteiger partial charge in [-0.1, -0.05) is 53.2 Å². The van der Waals surface area contributed by atoms with Crippen molar-refractivity contribution in [1.82, 2.24) is 10.1 Å². The van der Waals surface area contributed by atoms with Gasteiger partial charge in [-0.2, -0.15) is 4.98 Å². The quantitative estimate of drug-likeness (QED) is 0.689. The largest absolute Gasteiger partial charge is 0.334 e. The molecule has 0 saturated carbocycles. The number of aryl methyl sites for hydroxylation is 2. The van der Waals surface area contributed by atoms with E-state index in [0.717, 1.165) is 16.7 Å². The molecule has 0 unspecified atom stereocenters. The molecule has 0 atom stereocenters. The van der Waals surface area contributed by atoms with Gasteiger partial charge >= 0.3 is 0 Å². The van der Waals surface area contributed by atoms with Crippen molar-refractivity contribution in [2.45, 2.75) is 13.8 Å². The van der Waals surface area contributed by atoms with Crippen molar-refractivity contribution in [3.63, 3.8) is 0 Å². The van der Waals surface area contributed by atoms with Crippen LogP contribution < -0.4 is 0 Å². The Kier molecular flexibility index (Phi) is 2.88. The summed E-state index contributed by atoms with van der Waals surface area (Å²) in [4.78, 5) is 4.46. The Bertz CT molecular complexity index is 702. The fourth-order valence-electron chi connectivity index (χ4n) is 2.09. The van der Waals surface area contributed by atoms with Gasteiger partial charge in [-0.3, -0.25) is 0 Å². The predicted octanol–water partition coefficient (Wildman–Crippen LogP) is 4.02. The fraction of sp³-hybridized carbons (Fsp3) is 0.125. The van der Waals surface area contributed by atoms with E-state index < -0.39 is 0 Å². The summed E-state index contributed by atoms with van der Waals surface area (Å²) in [5, 5.41) is 4.04. The second kappa shape index (κ2) is 4.69. The van der Waals surface area contributed by atoms with Gasteiger partial charge in [0.05, 0.1) is 0 Å². The normalized spacial score (nSPS) is 10.6. The molecule has 2 aromatic carbocycles. The SMILES string of the molecule is Cc1ccc(-c2nc(-c3ccccc3)no2)c(C)c1. The molecule has 0 aliphatic rings. The molecule has 0 aliphatic heterocycles. The van der Waals surface area contributed by atoms with Gasteiger partial charge in [0.1, 0.15) is 0 Å². The van der Waals surface area contributed by atoms with Crippen molar-refractivity contribution >= 4 is 0 Å². The molecule has 0 fully saturated rings. The van der Waals surface area contributed by atoms with Gasteiger partial charge in [-0.05, 0) is 25.5 Å². The summed E-state index contributed by atoms with van der Waals surface area (Å²) >= 11 is 0. The molecule has 0 radical (unpaired) electrons. The molecular weight excluding hydrogens is 236 g/mol. The van der Waals surface area contributed by atoms with Gasteiger partial charge in [0.15, 0.2) is 0 Å². The summed E-state index contributed by atoms with van der Waals surface area (Å²) in [6, 6.07) is 16.0. The summed E-state index contributed by atoms with van der Waals surface area (Å²) in [7, 11) is 0. The van der Waals surface area contributed by atoms with Gasteiger partial charge in [0.25, 0.3) is 5.89 Å². The number of hydrogen-bond acceptors (Lipinski definition) is 3. The van der Waals surface area contributed by atoms with E-state index in [2.05, 4.69) is 36.1 Å². The van der Waals surface area contributed by atoms with E-state index in [1.54, 1.807) is 0 Å². The summed E-state index contributed by atoms with van der Waals surface area (Å²) < 4.78 is 5.36. The average molecular weight is 250 g/mol. The Morgan fingerprint density at radius 2 is 1.74 bits per heavy atom. The lowest BCUT2D eigenvalue weighted by molar-refractivity contribution is 0.432. The third-order valence-electron chi connectivity index (χ3n) is 3.07. The first kappa shape index (κ1) is 11.7. The maximum atomic E-state index is 5.36. The van der Waals surface area contributed by atoms with E-state index in [-0.39, 0.29) is 0 Å². The van der Waals surface area contributed by atoms with Crippen molar-refractivity contribution in [3.8, 4) is 22.8 Å². The number of benzene rings is 2.